The number of carbonyl (C=O) groups excluding carboxylic acids is 1. The lowest BCUT2D eigenvalue weighted by molar-refractivity contribution is 0.112. The summed E-state index contributed by atoms with van der Waals surface area (Å²) in [6, 6.07) is 9.47. The van der Waals surface area contributed by atoms with Crippen LogP contribution in [0.5, 0.6) is 0 Å². The molecule has 2 rings (SSSR count). The van der Waals surface area contributed by atoms with E-state index in [1.165, 1.54) is 0 Å². The zero-order valence-electron chi connectivity index (χ0n) is 8.77. The molecule has 0 spiro atoms. The van der Waals surface area contributed by atoms with Crippen molar-refractivity contribution in [2.24, 2.45) is 0 Å². The third-order valence-corrected chi connectivity index (χ3v) is 2.30. The van der Waals surface area contributed by atoms with E-state index >= 15 is 0 Å². The van der Waals surface area contributed by atoms with E-state index in [2.05, 4.69) is 4.98 Å². The quantitative estimate of drug-likeness (QED) is 0.696. The van der Waals surface area contributed by atoms with Gasteiger partial charge in [-0.3, -0.25) is 4.79 Å². The molecule has 0 amide bonds. The zero-order chi connectivity index (χ0) is 10.8. The summed E-state index contributed by atoms with van der Waals surface area (Å²) in [5.74, 6) is 0.894. The smallest absolute Gasteiger partial charge is 0.150 e. The van der Waals surface area contributed by atoms with Crippen LogP contribution < -0.4 is 4.90 Å². The van der Waals surface area contributed by atoms with E-state index in [0.717, 1.165) is 23.0 Å². The van der Waals surface area contributed by atoms with Crippen molar-refractivity contribution in [3.05, 3.63) is 35.9 Å². The van der Waals surface area contributed by atoms with Crippen molar-refractivity contribution in [1.82, 2.24) is 4.98 Å². The summed E-state index contributed by atoms with van der Waals surface area (Å²) in [6.45, 7) is 0. The Bertz CT molecular complexity index is 506. The first kappa shape index (κ1) is 9.65. The summed E-state index contributed by atoms with van der Waals surface area (Å²) in [6.07, 6.45) is 0.837. The maximum absolute atomic E-state index is 10.6. The molecule has 0 aliphatic carbocycles. The Hall–Kier alpha value is -1.90. The first-order valence-electron chi connectivity index (χ1n) is 4.74. The van der Waals surface area contributed by atoms with Crippen LogP contribution in [0.15, 0.2) is 30.3 Å². The van der Waals surface area contributed by atoms with E-state index in [1.807, 2.05) is 37.2 Å². The molecule has 0 aliphatic rings. The van der Waals surface area contributed by atoms with E-state index in [4.69, 9.17) is 0 Å². The van der Waals surface area contributed by atoms with E-state index in [0.29, 0.717) is 5.56 Å². The molecule has 1 aromatic heterocycles. The lowest BCUT2D eigenvalue weighted by atomic mass is 10.1. The van der Waals surface area contributed by atoms with Crippen LogP contribution in [-0.2, 0) is 0 Å². The van der Waals surface area contributed by atoms with Crippen LogP contribution in [-0.4, -0.2) is 25.4 Å². The summed E-state index contributed by atoms with van der Waals surface area (Å²) in [5, 5.41) is 1.05. The van der Waals surface area contributed by atoms with Gasteiger partial charge < -0.3 is 4.90 Å². The SMILES string of the molecule is CN(C)c1ccc2ccc(C=O)cc2n1. The van der Waals surface area contributed by atoms with Gasteiger partial charge in [-0.1, -0.05) is 12.1 Å². The molecule has 0 radical (unpaired) electrons. The highest BCUT2D eigenvalue weighted by Crippen LogP contribution is 2.17. The molecule has 76 valence electrons. The number of rotatable bonds is 2. The van der Waals surface area contributed by atoms with Gasteiger partial charge in [-0.2, -0.15) is 0 Å². The molecule has 0 N–H and O–H groups in total. The largest absolute Gasteiger partial charge is 0.363 e. The maximum atomic E-state index is 10.6. The molecular weight excluding hydrogens is 188 g/mol. The monoisotopic (exact) mass is 200 g/mol. The number of carbonyl (C=O) groups is 1. The van der Waals surface area contributed by atoms with Crippen LogP contribution in [0.4, 0.5) is 5.82 Å². The minimum atomic E-state index is 0.658. The Morgan fingerprint density at radius 1 is 1.20 bits per heavy atom. The Morgan fingerprint density at radius 3 is 2.60 bits per heavy atom. The van der Waals surface area contributed by atoms with Gasteiger partial charge in [-0.05, 0) is 18.2 Å². The Morgan fingerprint density at radius 2 is 1.93 bits per heavy atom. The molecule has 15 heavy (non-hydrogen) atoms. The average molecular weight is 200 g/mol. The maximum Gasteiger partial charge on any atom is 0.150 e. The van der Waals surface area contributed by atoms with Gasteiger partial charge in [0.1, 0.15) is 12.1 Å². The minimum absolute atomic E-state index is 0.658. The van der Waals surface area contributed by atoms with Gasteiger partial charge in [-0.15, -0.1) is 0 Å². The molecule has 0 bridgehead atoms. The van der Waals surface area contributed by atoms with E-state index in [1.54, 1.807) is 12.1 Å². The van der Waals surface area contributed by atoms with Gasteiger partial charge in [-0.25, -0.2) is 4.98 Å². The molecule has 2 aromatic rings. The Balaban J connectivity index is 2.62. The van der Waals surface area contributed by atoms with Crippen molar-refractivity contribution in [1.29, 1.82) is 0 Å². The van der Waals surface area contributed by atoms with Crippen molar-refractivity contribution >= 4 is 23.0 Å². The molecule has 0 atom stereocenters. The molecule has 3 heteroatoms. The Kier molecular flexibility index (Phi) is 2.37. The molecule has 0 saturated carbocycles. The van der Waals surface area contributed by atoms with Crippen LogP contribution >= 0.6 is 0 Å². The van der Waals surface area contributed by atoms with Gasteiger partial charge in [0.15, 0.2) is 0 Å². The van der Waals surface area contributed by atoms with Gasteiger partial charge >= 0.3 is 0 Å². The van der Waals surface area contributed by atoms with Crippen molar-refractivity contribution in [2.45, 2.75) is 0 Å². The number of benzene rings is 1. The van der Waals surface area contributed by atoms with Gasteiger partial charge in [0.25, 0.3) is 0 Å². The fourth-order valence-corrected chi connectivity index (χ4v) is 1.45. The van der Waals surface area contributed by atoms with Crippen molar-refractivity contribution in [3.8, 4) is 0 Å². The highest BCUT2D eigenvalue weighted by Gasteiger charge is 2.00. The average Bonchev–Trinajstić information content (AvgIpc) is 2.27. The van der Waals surface area contributed by atoms with Crippen molar-refractivity contribution < 1.29 is 4.79 Å². The standard InChI is InChI=1S/C12H12N2O/c1-14(2)12-6-5-10-4-3-9(8-15)7-11(10)13-12/h3-8H,1-2H3. The van der Waals surface area contributed by atoms with Gasteiger partial charge in [0, 0.05) is 25.0 Å². The lowest BCUT2D eigenvalue weighted by Gasteiger charge is -2.11. The fourth-order valence-electron chi connectivity index (χ4n) is 1.45. The highest BCUT2D eigenvalue weighted by molar-refractivity contribution is 5.87. The topological polar surface area (TPSA) is 33.2 Å². The van der Waals surface area contributed by atoms with Crippen LogP contribution in [0.3, 0.4) is 0 Å². The van der Waals surface area contributed by atoms with Crippen LogP contribution in [0.1, 0.15) is 10.4 Å². The van der Waals surface area contributed by atoms with E-state index < -0.39 is 0 Å². The number of hydrogen-bond donors (Lipinski definition) is 0. The second kappa shape index (κ2) is 3.69. The lowest BCUT2D eigenvalue weighted by Crippen LogP contribution is -2.10. The number of hydrogen-bond acceptors (Lipinski definition) is 3. The molecule has 0 fully saturated rings. The summed E-state index contributed by atoms with van der Waals surface area (Å²) in [5.41, 5.74) is 1.51. The van der Waals surface area contributed by atoms with E-state index in [-0.39, 0.29) is 0 Å². The number of nitrogens with zero attached hydrogens (tertiary/aromatic N) is 2. The fraction of sp³-hybridized carbons (Fsp3) is 0.167. The predicted octanol–water partition coefficient (Wildman–Crippen LogP) is 2.11. The normalized spacial score (nSPS) is 10.3. The molecule has 0 unspecified atom stereocenters. The molecule has 0 aliphatic heterocycles. The highest BCUT2D eigenvalue weighted by atomic mass is 16.1. The first-order chi connectivity index (χ1) is 7.20. The summed E-state index contributed by atoms with van der Waals surface area (Å²) in [7, 11) is 3.88. The number of fused-ring (bicyclic) bond motifs is 1. The van der Waals surface area contributed by atoms with Crippen molar-refractivity contribution in [3.63, 3.8) is 0 Å². The summed E-state index contributed by atoms with van der Waals surface area (Å²) >= 11 is 0. The number of anilines is 1. The third-order valence-electron chi connectivity index (χ3n) is 2.30. The van der Waals surface area contributed by atoms with Gasteiger partial charge in [0.05, 0.1) is 5.52 Å². The number of aldehydes is 1. The minimum Gasteiger partial charge on any atom is -0.363 e. The van der Waals surface area contributed by atoms with E-state index in [9.17, 15) is 4.79 Å². The zero-order valence-corrected chi connectivity index (χ0v) is 8.77. The Labute approximate surface area is 88.3 Å². The molecule has 1 aromatic carbocycles. The van der Waals surface area contributed by atoms with Crippen LogP contribution in [0.25, 0.3) is 10.9 Å². The van der Waals surface area contributed by atoms with Gasteiger partial charge in [0.2, 0.25) is 0 Å². The van der Waals surface area contributed by atoms with Crippen LogP contribution in [0, 0.1) is 0 Å². The second-order valence-electron chi connectivity index (χ2n) is 3.63. The number of pyridine rings is 1. The molecule has 3 nitrogen and oxygen atoms in total. The number of aromatic nitrogens is 1. The van der Waals surface area contributed by atoms with Crippen LogP contribution in [0.2, 0.25) is 0 Å². The summed E-state index contributed by atoms with van der Waals surface area (Å²) in [4.78, 5) is 17.0. The molecule has 0 saturated heterocycles. The molecule has 1 heterocycles. The third kappa shape index (κ3) is 1.81. The summed E-state index contributed by atoms with van der Waals surface area (Å²) < 4.78 is 0. The van der Waals surface area contributed by atoms with Crippen molar-refractivity contribution in [2.75, 3.05) is 19.0 Å². The predicted molar refractivity (Wildman–Crippen MR) is 61.5 cm³/mol. The molecular formula is C12H12N2O. The second-order valence-corrected chi connectivity index (χ2v) is 3.63. The first-order valence-corrected chi connectivity index (χ1v) is 4.74.